The molecule has 10 nitrogen and oxygen atoms in total. The van der Waals surface area contributed by atoms with Crippen molar-refractivity contribution in [3.63, 3.8) is 0 Å². The van der Waals surface area contributed by atoms with Crippen LogP contribution in [0.2, 0.25) is 0 Å². The minimum atomic E-state index is -0.860. The van der Waals surface area contributed by atoms with Gasteiger partial charge in [-0.3, -0.25) is 29.2 Å². The van der Waals surface area contributed by atoms with Gasteiger partial charge in [-0.1, -0.05) is 32.1 Å². The molecule has 2 aliphatic rings. The summed E-state index contributed by atoms with van der Waals surface area (Å²) in [4.78, 5) is 56.2. The summed E-state index contributed by atoms with van der Waals surface area (Å²) in [7, 11) is 0. The van der Waals surface area contributed by atoms with E-state index in [0.29, 0.717) is 19.4 Å². The van der Waals surface area contributed by atoms with Crippen LogP contribution in [0.5, 0.6) is 0 Å². The molecule has 1 fully saturated rings. The Morgan fingerprint density at radius 2 is 1.87 bits per heavy atom. The fourth-order valence-corrected chi connectivity index (χ4v) is 4.62. The van der Waals surface area contributed by atoms with Crippen molar-refractivity contribution in [2.24, 2.45) is 5.92 Å². The maximum Gasteiger partial charge on any atom is 0.325 e. The average molecular weight is 522 g/mol. The number of esters is 1. The third-order valence-corrected chi connectivity index (χ3v) is 6.83. The van der Waals surface area contributed by atoms with E-state index in [4.69, 9.17) is 4.74 Å². The van der Waals surface area contributed by atoms with Crippen molar-refractivity contribution in [2.45, 2.75) is 71.2 Å². The van der Waals surface area contributed by atoms with Gasteiger partial charge in [-0.25, -0.2) is 5.43 Å². The van der Waals surface area contributed by atoms with E-state index < -0.39 is 36.1 Å². The van der Waals surface area contributed by atoms with E-state index in [-0.39, 0.29) is 24.2 Å². The normalized spacial score (nSPS) is 25.8. The number of fused-ring (bicyclic) bond motifs is 4. The van der Waals surface area contributed by atoms with Crippen LogP contribution in [-0.4, -0.2) is 58.4 Å². The van der Waals surface area contributed by atoms with Gasteiger partial charge < -0.3 is 15.4 Å². The molecule has 5 bridgehead atoms. The Labute approximate surface area is 222 Å². The fourth-order valence-electron chi connectivity index (χ4n) is 4.62. The number of rotatable bonds is 1. The summed E-state index contributed by atoms with van der Waals surface area (Å²) < 4.78 is 5.76. The van der Waals surface area contributed by atoms with Crippen LogP contribution < -0.4 is 16.1 Å². The van der Waals surface area contributed by atoms with E-state index in [0.717, 1.165) is 22.0 Å². The zero-order chi connectivity index (χ0) is 27.4. The number of hydrogen-bond acceptors (Lipinski definition) is 7. The minimum Gasteiger partial charge on any atom is -0.457 e. The first-order chi connectivity index (χ1) is 18.1. The van der Waals surface area contributed by atoms with Gasteiger partial charge in [-0.2, -0.15) is 0 Å². The number of hydrazine groups is 1. The van der Waals surface area contributed by atoms with Gasteiger partial charge >= 0.3 is 5.97 Å². The van der Waals surface area contributed by atoms with Crippen molar-refractivity contribution in [3.05, 3.63) is 47.7 Å². The van der Waals surface area contributed by atoms with E-state index in [9.17, 15) is 19.2 Å². The highest BCUT2D eigenvalue weighted by Crippen LogP contribution is 2.24. The second kappa shape index (κ2) is 11.7. The summed E-state index contributed by atoms with van der Waals surface area (Å²) in [5.74, 6) is -1.76. The van der Waals surface area contributed by atoms with E-state index in [1.807, 2.05) is 38.1 Å². The van der Waals surface area contributed by atoms with E-state index >= 15 is 0 Å². The smallest absolute Gasteiger partial charge is 0.325 e. The molecule has 10 heteroatoms. The van der Waals surface area contributed by atoms with Gasteiger partial charge in [0.05, 0.1) is 5.52 Å². The molecule has 0 unspecified atom stereocenters. The molecule has 2 aliphatic heterocycles. The van der Waals surface area contributed by atoms with E-state index in [1.165, 1.54) is 5.01 Å². The van der Waals surface area contributed by atoms with Gasteiger partial charge in [0.1, 0.15) is 24.2 Å². The lowest BCUT2D eigenvalue weighted by atomic mass is 10.0. The Bertz CT molecular complexity index is 1260. The zero-order valence-corrected chi connectivity index (χ0v) is 22.2. The monoisotopic (exact) mass is 521 g/mol. The Morgan fingerprint density at radius 3 is 2.63 bits per heavy atom. The van der Waals surface area contributed by atoms with Crippen LogP contribution in [0.4, 0.5) is 0 Å². The van der Waals surface area contributed by atoms with E-state index in [1.54, 1.807) is 32.2 Å². The highest BCUT2D eigenvalue weighted by Gasteiger charge is 2.33. The quantitative estimate of drug-likeness (QED) is 0.492. The number of benzene rings is 1. The van der Waals surface area contributed by atoms with Crippen LogP contribution in [0.15, 0.2) is 36.5 Å². The predicted molar refractivity (Wildman–Crippen MR) is 142 cm³/mol. The molecule has 3 amide bonds. The van der Waals surface area contributed by atoms with Crippen LogP contribution in [0.1, 0.15) is 64.2 Å². The van der Waals surface area contributed by atoms with Crippen LogP contribution in [0.3, 0.4) is 0 Å². The number of pyridine rings is 1. The second-order valence-electron chi connectivity index (χ2n) is 10.2. The predicted octanol–water partition coefficient (Wildman–Crippen LogP) is 2.40. The molecule has 3 heterocycles. The maximum atomic E-state index is 13.1. The molecule has 3 N–H and O–H groups in total. The summed E-state index contributed by atoms with van der Waals surface area (Å²) in [6.07, 6.45) is 5.94. The van der Waals surface area contributed by atoms with Crippen molar-refractivity contribution < 1.29 is 23.9 Å². The molecule has 1 aromatic carbocycles. The number of nitrogens with zero attached hydrogens (tertiary/aromatic N) is 2. The number of amides is 3. The molecule has 0 radical (unpaired) electrons. The summed E-state index contributed by atoms with van der Waals surface area (Å²) in [5, 5.41) is 7.74. The molecule has 4 rings (SSSR count). The summed E-state index contributed by atoms with van der Waals surface area (Å²) in [6.45, 7) is 7.44. The molecule has 0 spiro atoms. The van der Waals surface area contributed by atoms with Crippen LogP contribution in [0.25, 0.3) is 17.0 Å². The number of cyclic esters (lactones) is 1. The zero-order valence-electron chi connectivity index (χ0n) is 22.2. The van der Waals surface area contributed by atoms with Crippen LogP contribution in [-0.2, 0) is 23.9 Å². The minimum absolute atomic E-state index is 0.0785. The maximum absolute atomic E-state index is 13.1. The molecule has 1 saturated heterocycles. The third-order valence-electron chi connectivity index (χ3n) is 6.83. The number of ether oxygens (including phenoxy) is 1. The standard InChI is InChI=1S/C28H35N5O5/c1-16(2)25-26(35)30-17(3)27(36)33-12-6-8-23(32-33)28(37)38-18(4)20-10-11-22-21(14-20)13-19(15-29-22)7-5-9-24(34)31-25/h5,7,10-11,13-18,23,25,32H,6,8-9,12H2,1-4H3,(H,30,35)(H,31,34)/t17-,18+,23-,25-/m0/s1. The van der Waals surface area contributed by atoms with Crippen molar-refractivity contribution in [1.82, 2.24) is 26.1 Å². The summed E-state index contributed by atoms with van der Waals surface area (Å²) in [6, 6.07) is 5.29. The number of carbonyl (C=O) groups is 4. The molecular formula is C28H35N5O5. The van der Waals surface area contributed by atoms with E-state index in [2.05, 4.69) is 21.0 Å². The van der Waals surface area contributed by atoms with Crippen molar-refractivity contribution in [2.75, 3.05) is 6.54 Å². The first kappa shape index (κ1) is 27.3. The van der Waals surface area contributed by atoms with Gasteiger partial charge in [0.25, 0.3) is 5.91 Å². The van der Waals surface area contributed by atoms with Crippen LogP contribution >= 0.6 is 0 Å². The molecule has 2 aromatic rings. The van der Waals surface area contributed by atoms with Gasteiger partial charge in [-0.05, 0) is 61.9 Å². The number of hydrogen-bond donors (Lipinski definition) is 3. The fraction of sp³-hybridized carbons (Fsp3) is 0.464. The average Bonchev–Trinajstić information content (AvgIpc) is 2.90. The number of aromatic nitrogens is 1. The van der Waals surface area contributed by atoms with Gasteiger partial charge in [0.15, 0.2) is 0 Å². The number of nitrogens with one attached hydrogen (secondary N) is 3. The van der Waals surface area contributed by atoms with Crippen molar-refractivity contribution in [1.29, 1.82) is 0 Å². The SMILES string of the molecule is CC(C)[C@@H]1NC(=O)CC=Cc2cnc3ccc(cc3c2)[C@@H](C)OC(=O)[C@@H]2CCCN(N2)C(=O)[C@H](C)NC1=O. The van der Waals surface area contributed by atoms with Gasteiger partial charge in [0.2, 0.25) is 11.8 Å². The first-order valence-corrected chi connectivity index (χ1v) is 13.1. The lowest BCUT2D eigenvalue weighted by molar-refractivity contribution is -0.157. The van der Waals surface area contributed by atoms with Crippen LogP contribution in [0, 0.1) is 5.92 Å². The lowest BCUT2D eigenvalue weighted by Crippen LogP contribution is -2.61. The number of carbonyl (C=O) groups excluding carboxylic acids is 4. The highest BCUT2D eigenvalue weighted by molar-refractivity contribution is 5.92. The molecule has 0 aliphatic carbocycles. The topological polar surface area (TPSA) is 130 Å². The van der Waals surface area contributed by atoms with Gasteiger partial charge in [-0.15, -0.1) is 0 Å². The molecule has 202 valence electrons. The molecule has 1 aromatic heterocycles. The third kappa shape index (κ3) is 6.36. The summed E-state index contributed by atoms with van der Waals surface area (Å²) in [5.41, 5.74) is 5.40. The Kier molecular flexibility index (Phi) is 8.41. The first-order valence-electron chi connectivity index (χ1n) is 13.1. The Morgan fingerprint density at radius 1 is 1.08 bits per heavy atom. The Hall–Kier alpha value is -3.79. The molecule has 4 atom stereocenters. The largest absolute Gasteiger partial charge is 0.457 e. The van der Waals surface area contributed by atoms with Gasteiger partial charge in [0, 0.05) is 24.5 Å². The second-order valence-corrected chi connectivity index (χ2v) is 10.2. The summed E-state index contributed by atoms with van der Waals surface area (Å²) >= 11 is 0. The lowest BCUT2D eigenvalue weighted by Gasteiger charge is -2.35. The Balaban J connectivity index is 1.64. The molecule has 0 saturated carbocycles. The highest BCUT2D eigenvalue weighted by atomic mass is 16.5. The molecular weight excluding hydrogens is 486 g/mol. The van der Waals surface area contributed by atoms with Crippen molar-refractivity contribution in [3.8, 4) is 0 Å². The van der Waals surface area contributed by atoms with Crippen molar-refractivity contribution >= 4 is 40.7 Å². The molecule has 38 heavy (non-hydrogen) atoms.